The van der Waals surface area contributed by atoms with Crippen LogP contribution in [0.3, 0.4) is 0 Å². The van der Waals surface area contributed by atoms with Gasteiger partial charge in [0.2, 0.25) is 10.0 Å². The smallest absolute Gasteiger partial charge is 0.243 e. The largest absolute Gasteiger partial charge is 0.391 e. The van der Waals surface area contributed by atoms with Crippen LogP contribution in [0.25, 0.3) is 0 Å². The first kappa shape index (κ1) is 16.4. The number of benzene rings is 1. The van der Waals surface area contributed by atoms with E-state index in [9.17, 15) is 13.5 Å². The van der Waals surface area contributed by atoms with Gasteiger partial charge in [-0.3, -0.25) is 0 Å². The molecule has 6 heteroatoms. The van der Waals surface area contributed by atoms with Gasteiger partial charge in [0, 0.05) is 13.6 Å². The van der Waals surface area contributed by atoms with Gasteiger partial charge in [0.05, 0.1) is 17.0 Å². The van der Waals surface area contributed by atoms with Gasteiger partial charge in [-0.25, -0.2) is 8.42 Å². The molecule has 0 radical (unpaired) electrons. The predicted octanol–water partition coefficient (Wildman–Crippen LogP) is 1.38. The van der Waals surface area contributed by atoms with E-state index in [0.29, 0.717) is 29.8 Å². The summed E-state index contributed by atoms with van der Waals surface area (Å²) in [4.78, 5) is 0.292. The number of sulfonamides is 1. The third kappa shape index (κ3) is 3.29. The van der Waals surface area contributed by atoms with Crippen molar-refractivity contribution in [1.29, 1.82) is 0 Å². The molecule has 1 saturated carbocycles. The summed E-state index contributed by atoms with van der Waals surface area (Å²) < 4.78 is 26.9. The van der Waals surface area contributed by atoms with E-state index in [-0.39, 0.29) is 6.04 Å². The first-order valence-corrected chi connectivity index (χ1v) is 8.77. The van der Waals surface area contributed by atoms with Crippen LogP contribution in [0.2, 0.25) is 0 Å². The summed E-state index contributed by atoms with van der Waals surface area (Å²) >= 11 is 0. The third-order valence-corrected chi connectivity index (χ3v) is 6.34. The lowest BCUT2D eigenvalue weighted by molar-refractivity contribution is 0.0638. The Morgan fingerprint density at radius 3 is 2.57 bits per heavy atom. The van der Waals surface area contributed by atoms with E-state index >= 15 is 0 Å². The maximum Gasteiger partial charge on any atom is 0.243 e. The second-order valence-electron chi connectivity index (χ2n) is 5.74. The Kier molecular flexibility index (Phi) is 5.03. The zero-order chi connectivity index (χ0) is 15.6. The predicted molar refractivity (Wildman–Crippen MR) is 82.3 cm³/mol. The molecule has 1 fully saturated rings. The SMILES string of the molecule is Cc1cc(CN)ccc1S(=O)(=O)N(C)C1CCCCC1O. The Labute approximate surface area is 126 Å². The first-order chi connectivity index (χ1) is 9.87. The van der Waals surface area contributed by atoms with Crippen molar-refractivity contribution in [2.45, 2.75) is 56.2 Å². The van der Waals surface area contributed by atoms with E-state index < -0.39 is 16.1 Å². The molecular formula is C15H24N2O3S. The van der Waals surface area contributed by atoms with Crippen LogP contribution in [0.5, 0.6) is 0 Å². The number of rotatable bonds is 4. The van der Waals surface area contributed by atoms with Crippen molar-refractivity contribution in [3.05, 3.63) is 29.3 Å². The number of aliphatic hydroxyl groups excluding tert-OH is 1. The van der Waals surface area contributed by atoms with Gasteiger partial charge in [-0.05, 0) is 37.0 Å². The topological polar surface area (TPSA) is 83.6 Å². The van der Waals surface area contributed by atoms with Gasteiger partial charge in [-0.1, -0.05) is 25.0 Å². The minimum atomic E-state index is -3.59. The molecule has 2 atom stereocenters. The van der Waals surface area contributed by atoms with Crippen molar-refractivity contribution in [3.63, 3.8) is 0 Å². The number of likely N-dealkylation sites (N-methyl/N-ethyl adjacent to an activating group) is 1. The van der Waals surface area contributed by atoms with Gasteiger partial charge in [0.1, 0.15) is 0 Å². The van der Waals surface area contributed by atoms with Crippen LogP contribution in [0.1, 0.15) is 36.8 Å². The average Bonchev–Trinajstić information content (AvgIpc) is 2.46. The molecule has 0 heterocycles. The average molecular weight is 312 g/mol. The summed E-state index contributed by atoms with van der Waals surface area (Å²) in [5.41, 5.74) is 7.18. The molecule has 1 aromatic rings. The fraction of sp³-hybridized carbons (Fsp3) is 0.600. The highest BCUT2D eigenvalue weighted by molar-refractivity contribution is 7.89. The first-order valence-electron chi connectivity index (χ1n) is 7.33. The van der Waals surface area contributed by atoms with Crippen LogP contribution in [0.15, 0.2) is 23.1 Å². The summed E-state index contributed by atoms with van der Waals surface area (Å²) in [6.07, 6.45) is 2.69. The molecule has 21 heavy (non-hydrogen) atoms. The molecule has 1 aromatic carbocycles. The summed E-state index contributed by atoms with van der Waals surface area (Å²) in [6, 6.07) is 4.82. The van der Waals surface area contributed by atoms with Gasteiger partial charge in [-0.15, -0.1) is 0 Å². The summed E-state index contributed by atoms with van der Waals surface area (Å²) in [5, 5.41) is 10.1. The van der Waals surface area contributed by atoms with Crippen molar-refractivity contribution >= 4 is 10.0 Å². The molecule has 2 unspecified atom stereocenters. The molecule has 5 nitrogen and oxygen atoms in total. The molecule has 0 aromatic heterocycles. The molecule has 3 N–H and O–H groups in total. The van der Waals surface area contributed by atoms with E-state index in [2.05, 4.69) is 0 Å². The van der Waals surface area contributed by atoms with Crippen LogP contribution < -0.4 is 5.73 Å². The Bertz CT molecular complexity index is 601. The van der Waals surface area contributed by atoms with Crippen LogP contribution in [0.4, 0.5) is 0 Å². The second kappa shape index (κ2) is 6.44. The highest BCUT2D eigenvalue weighted by atomic mass is 32.2. The summed E-state index contributed by atoms with van der Waals surface area (Å²) in [6.45, 7) is 2.16. The van der Waals surface area contributed by atoms with E-state index in [1.807, 2.05) is 0 Å². The van der Waals surface area contributed by atoms with Crippen molar-refractivity contribution in [3.8, 4) is 0 Å². The molecular weight excluding hydrogens is 288 g/mol. The number of aryl methyl sites for hydroxylation is 1. The number of hydrogen-bond acceptors (Lipinski definition) is 4. The minimum Gasteiger partial charge on any atom is -0.391 e. The molecule has 0 aliphatic heterocycles. The molecule has 1 aliphatic carbocycles. The van der Waals surface area contributed by atoms with Crippen LogP contribution in [-0.2, 0) is 16.6 Å². The lowest BCUT2D eigenvalue weighted by Gasteiger charge is -2.34. The maximum atomic E-state index is 12.8. The standard InChI is InChI=1S/C15H24N2O3S/c1-11-9-12(10-16)7-8-15(11)21(19,20)17(2)13-5-3-4-6-14(13)18/h7-9,13-14,18H,3-6,10,16H2,1-2H3. The summed E-state index contributed by atoms with van der Waals surface area (Å²) in [5.74, 6) is 0. The minimum absolute atomic E-state index is 0.292. The Balaban J connectivity index is 2.32. The highest BCUT2D eigenvalue weighted by Crippen LogP contribution is 2.28. The van der Waals surface area contributed by atoms with Crippen molar-refractivity contribution in [2.24, 2.45) is 5.73 Å². The Morgan fingerprint density at radius 2 is 2.00 bits per heavy atom. The summed E-state index contributed by atoms with van der Waals surface area (Å²) in [7, 11) is -2.03. The normalized spacial score (nSPS) is 23.5. The lowest BCUT2D eigenvalue weighted by atomic mass is 9.93. The van der Waals surface area contributed by atoms with E-state index in [1.54, 1.807) is 32.2 Å². The van der Waals surface area contributed by atoms with E-state index in [0.717, 1.165) is 18.4 Å². The molecule has 0 spiro atoms. The van der Waals surface area contributed by atoms with E-state index in [4.69, 9.17) is 5.73 Å². The van der Waals surface area contributed by atoms with Gasteiger partial charge in [-0.2, -0.15) is 4.31 Å². The van der Waals surface area contributed by atoms with Crippen LogP contribution in [-0.4, -0.2) is 37.0 Å². The van der Waals surface area contributed by atoms with Gasteiger partial charge in [0.25, 0.3) is 0 Å². The third-order valence-electron chi connectivity index (χ3n) is 4.29. The highest BCUT2D eigenvalue weighted by Gasteiger charge is 2.34. The van der Waals surface area contributed by atoms with Crippen molar-refractivity contribution < 1.29 is 13.5 Å². The zero-order valence-electron chi connectivity index (χ0n) is 12.6. The second-order valence-corrected chi connectivity index (χ2v) is 7.71. The fourth-order valence-corrected chi connectivity index (χ4v) is 4.60. The molecule has 0 bridgehead atoms. The Hall–Kier alpha value is -0.950. The van der Waals surface area contributed by atoms with Crippen molar-refractivity contribution in [2.75, 3.05) is 7.05 Å². The van der Waals surface area contributed by atoms with Gasteiger partial charge < -0.3 is 10.8 Å². The molecule has 1 aliphatic rings. The number of hydrogen-bond donors (Lipinski definition) is 2. The van der Waals surface area contributed by atoms with E-state index in [1.165, 1.54) is 4.31 Å². The number of nitrogens with zero attached hydrogens (tertiary/aromatic N) is 1. The van der Waals surface area contributed by atoms with Crippen LogP contribution >= 0.6 is 0 Å². The lowest BCUT2D eigenvalue weighted by Crippen LogP contribution is -2.46. The molecule has 118 valence electrons. The maximum absolute atomic E-state index is 12.8. The molecule has 0 amide bonds. The zero-order valence-corrected chi connectivity index (χ0v) is 13.4. The number of nitrogens with two attached hydrogens (primary N) is 1. The monoisotopic (exact) mass is 312 g/mol. The fourth-order valence-electron chi connectivity index (χ4n) is 2.98. The molecule has 0 saturated heterocycles. The van der Waals surface area contributed by atoms with Gasteiger partial charge in [0.15, 0.2) is 0 Å². The Morgan fingerprint density at radius 1 is 1.33 bits per heavy atom. The van der Waals surface area contributed by atoms with Crippen molar-refractivity contribution in [1.82, 2.24) is 4.31 Å². The van der Waals surface area contributed by atoms with Gasteiger partial charge >= 0.3 is 0 Å². The van der Waals surface area contributed by atoms with Crippen LogP contribution in [0, 0.1) is 6.92 Å². The molecule has 2 rings (SSSR count). The number of aliphatic hydroxyl groups is 1. The quantitative estimate of drug-likeness (QED) is 0.880.